The molecule has 6 heteroatoms. The summed E-state index contributed by atoms with van der Waals surface area (Å²) in [5, 5.41) is 10.6. The number of rotatable bonds is 6. The van der Waals surface area contributed by atoms with Crippen molar-refractivity contribution in [2.75, 3.05) is 13.1 Å². The fourth-order valence-corrected chi connectivity index (χ4v) is 3.27. The van der Waals surface area contributed by atoms with E-state index in [2.05, 4.69) is 15.7 Å². The summed E-state index contributed by atoms with van der Waals surface area (Å²) in [5.74, 6) is 0.975. The Balaban J connectivity index is 1.64. The molecule has 1 saturated heterocycles. The van der Waals surface area contributed by atoms with Crippen molar-refractivity contribution in [1.82, 2.24) is 20.4 Å². The van der Waals surface area contributed by atoms with Gasteiger partial charge in [0.25, 0.3) is 0 Å². The molecule has 6 nitrogen and oxygen atoms in total. The first-order valence-electron chi connectivity index (χ1n) is 8.76. The van der Waals surface area contributed by atoms with Gasteiger partial charge in [0.15, 0.2) is 0 Å². The number of para-hydroxylation sites is 1. The minimum atomic E-state index is -0.0811. The first-order valence-corrected chi connectivity index (χ1v) is 8.76. The van der Waals surface area contributed by atoms with E-state index in [4.69, 9.17) is 4.74 Å². The molecule has 1 amide bonds. The lowest BCUT2D eigenvalue weighted by atomic mass is 9.90. The highest BCUT2D eigenvalue weighted by molar-refractivity contribution is 5.80. The van der Waals surface area contributed by atoms with Crippen molar-refractivity contribution in [2.45, 2.75) is 32.4 Å². The number of hydrogen-bond acceptors (Lipinski definition) is 4. The number of hydrogen-bond donors (Lipinski definition) is 2. The highest BCUT2D eigenvalue weighted by Gasteiger charge is 2.34. The Morgan fingerprint density at radius 3 is 2.92 bits per heavy atom. The molecule has 2 heterocycles. The van der Waals surface area contributed by atoms with Crippen LogP contribution in [0.2, 0.25) is 0 Å². The van der Waals surface area contributed by atoms with Crippen LogP contribution in [-0.4, -0.2) is 34.9 Å². The molecule has 0 radical (unpaired) electrons. The van der Waals surface area contributed by atoms with Gasteiger partial charge in [-0.25, -0.2) is 0 Å². The standard InChI is InChI=1S/C19H26N4O2/c1-13(2)25-18-7-5-4-6-14(18)8-21-19(24)17-11-20-10-16(17)15-9-22-23(3)12-15/h4-7,9,12-13,16-17,20H,8,10-11H2,1-3H3,(H,21,24)/t16-,17+/m1/s1. The van der Waals surface area contributed by atoms with E-state index in [0.717, 1.165) is 23.4 Å². The van der Waals surface area contributed by atoms with Gasteiger partial charge in [-0.3, -0.25) is 9.48 Å². The van der Waals surface area contributed by atoms with Crippen LogP contribution in [0.3, 0.4) is 0 Å². The second kappa shape index (κ2) is 7.70. The maximum absolute atomic E-state index is 12.7. The lowest BCUT2D eigenvalue weighted by molar-refractivity contribution is -0.125. The molecule has 1 fully saturated rings. The van der Waals surface area contributed by atoms with E-state index >= 15 is 0 Å². The summed E-state index contributed by atoms with van der Waals surface area (Å²) >= 11 is 0. The number of aromatic nitrogens is 2. The third-order valence-corrected chi connectivity index (χ3v) is 4.49. The van der Waals surface area contributed by atoms with Crippen molar-refractivity contribution >= 4 is 5.91 Å². The number of nitrogens with zero attached hydrogens (tertiary/aromatic N) is 2. The molecule has 3 rings (SSSR count). The zero-order chi connectivity index (χ0) is 17.8. The van der Waals surface area contributed by atoms with Gasteiger partial charge in [0.1, 0.15) is 5.75 Å². The minimum absolute atomic E-state index is 0.0678. The highest BCUT2D eigenvalue weighted by atomic mass is 16.5. The van der Waals surface area contributed by atoms with Crippen LogP contribution in [0.5, 0.6) is 5.75 Å². The molecule has 2 atom stereocenters. The van der Waals surface area contributed by atoms with Gasteiger partial charge in [-0.1, -0.05) is 18.2 Å². The van der Waals surface area contributed by atoms with Crippen LogP contribution in [-0.2, 0) is 18.4 Å². The van der Waals surface area contributed by atoms with Crippen LogP contribution >= 0.6 is 0 Å². The summed E-state index contributed by atoms with van der Waals surface area (Å²) in [5.41, 5.74) is 2.10. The molecule has 1 aliphatic heterocycles. The molecule has 2 aromatic rings. The van der Waals surface area contributed by atoms with Gasteiger partial charge in [-0.15, -0.1) is 0 Å². The molecule has 25 heavy (non-hydrogen) atoms. The Kier molecular flexibility index (Phi) is 5.38. The highest BCUT2D eigenvalue weighted by Crippen LogP contribution is 2.28. The largest absolute Gasteiger partial charge is 0.491 e. The summed E-state index contributed by atoms with van der Waals surface area (Å²) in [4.78, 5) is 12.7. The predicted molar refractivity (Wildman–Crippen MR) is 96.4 cm³/mol. The van der Waals surface area contributed by atoms with E-state index in [-0.39, 0.29) is 23.8 Å². The molecule has 1 aliphatic rings. The Hall–Kier alpha value is -2.34. The zero-order valence-corrected chi connectivity index (χ0v) is 15.0. The molecule has 134 valence electrons. The van der Waals surface area contributed by atoms with Gasteiger partial charge >= 0.3 is 0 Å². The third kappa shape index (κ3) is 4.20. The van der Waals surface area contributed by atoms with Crippen molar-refractivity contribution < 1.29 is 9.53 Å². The SMILES string of the molecule is CC(C)Oc1ccccc1CNC(=O)[C@H]1CNC[C@@H]1c1cnn(C)c1. The van der Waals surface area contributed by atoms with Gasteiger partial charge in [0, 0.05) is 44.4 Å². The number of ether oxygens (including phenoxy) is 1. The van der Waals surface area contributed by atoms with Gasteiger partial charge in [0.2, 0.25) is 5.91 Å². The van der Waals surface area contributed by atoms with E-state index in [1.807, 2.05) is 57.6 Å². The first-order chi connectivity index (χ1) is 12.0. The average molecular weight is 342 g/mol. The van der Waals surface area contributed by atoms with E-state index in [9.17, 15) is 4.79 Å². The fraction of sp³-hybridized carbons (Fsp3) is 0.474. The van der Waals surface area contributed by atoms with Gasteiger partial charge < -0.3 is 15.4 Å². The van der Waals surface area contributed by atoms with E-state index in [1.54, 1.807) is 4.68 Å². The topological polar surface area (TPSA) is 68.2 Å². The number of carbonyl (C=O) groups is 1. The first kappa shape index (κ1) is 17.5. The van der Waals surface area contributed by atoms with Crippen molar-refractivity contribution in [1.29, 1.82) is 0 Å². The summed E-state index contributed by atoms with van der Waals surface area (Å²) in [7, 11) is 1.90. The lowest BCUT2D eigenvalue weighted by Gasteiger charge is -2.18. The molecule has 2 N–H and O–H groups in total. The van der Waals surface area contributed by atoms with Crippen molar-refractivity contribution in [3.63, 3.8) is 0 Å². The van der Waals surface area contributed by atoms with E-state index in [0.29, 0.717) is 13.1 Å². The fourth-order valence-electron chi connectivity index (χ4n) is 3.27. The Morgan fingerprint density at radius 1 is 1.40 bits per heavy atom. The van der Waals surface area contributed by atoms with Gasteiger partial charge in [-0.05, 0) is 25.5 Å². The maximum atomic E-state index is 12.7. The molecule has 0 spiro atoms. The van der Waals surface area contributed by atoms with Crippen molar-refractivity contribution in [2.24, 2.45) is 13.0 Å². The number of amides is 1. The van der Waals surface area contributed by atoms with Crippen molar-refractivity contribution in [3.05, 3.63) is 47.8 Å². The normalized spacial score (nSPS) is 20.0. The second-order valence-electron chi connectivity index (χ2n) is 6.81. The van der Waals surface area contributed by atoms with Crippen LogP contribution in [0.25, 0.3) is 0 Å². The summed E-state index contributed by atoms with van der Waals surface area (Å²) in [6.07, 6.45) is 3.94. The monoisotopic (exact) mass is 342 g/mol. The Bertz CT molecular complexity index is 726. The molecule has 0 unspecified atom stereocenters. The molecule has 0 saturated carbocycles. The quantitative estimate of drug-likeness (QED) is 0.840. The van der Waals surface area contributed by atoms with E-state index in [1.165, 1.54) is 0 Å². The zero-order valence-electron chi connectivity index (χ0n) is 15.0. The molecule has 0 aliphatic carbocycles. The summed E-state index contributed by atoms with van der Waals surface area (Å²) < 4.78 is 7.60. The van der Waals surface area contributed by atoms with Crippen LogP contribution in [0.4, 0.5) is 0 Å². The Morgan fingerprint density at radius 2 is 2.20 bits per heavy atom. The third-order valence-electron chi connectivity index (χ3n) is 4.49. The number of aryl methyl sites for hydroxylation is 1. The second-order valence-corrected chi connectivity index (χ2v) is 6.81. The molecule has 1 aromatic carbocycles. The van der Waals surface area contributed by atoms with Crippen LogP contribution in [0, 0.1) is 5.92 Å². The lowest BCUT2D eigenvalue weighted by Crippen LogP contribution is -2.34. The molecule has 1 aromatic heterocycles. The van der Waals surface area contributed by atoms with Gasteiger partial charge in [-0.2, -0.15) is 5.10 Å². The van der Waals surface area contributed by atoms with E-state index < -0.39 is 0 Å². The van der Waals surface area contributed by atoms with Crippen LogP contribution in [0.1, 0.15) is 30.9 Å². The summed E-state index contributed by atoms with van der Waals surface area (Å²) in [6.45, 7) is 5.96. The Labute approximate surface area is 148 Å². The number of carbonyl (C=O) groups excluding carboxylic acids is 1. The molecular weight excluding hydrogens is 316 g/mol. The van der Waals surface area contributed by atoms with Crippen molar-refractivity contribution in [3.8, 4) is 5.75 Å². The maximum Gasteiger partial charge on any atom is 0.225 e. The smallest absolute Gasteiger partial charge is 0.225 e. The molecular formula is C19H26N4O2. The predicted octanol–water partition coefficient (Wildman–Crippen LogP) is 1.83. The summed E-state index contributed by atoms with van der Waals surface area (Å²) in [6, 6.07) is 7.84. The van der Waals surface area contributed by atoms with Gasteiger partial charge in [0.05, 0.1) is 18.2 Å². The molecule has 0 bridgehead atoms. The van der Waals surface area contributed by atoms with Crippen LogP contribution < -0.4 is 15.4 Å². The minimum Gasteiger partial charge on any atom is -0.491 e. The van der Waals surface area contributed by atoms with Crippen LogP contribution in [0.15, 0.2) is 36.7 Å². The number of benzene rings is 1. The number of nitrogens with one attached hydrogen (secondary N) is 2. The average Bonchev–Trinajstić information content (AvgIpc) is 3.21.